The molecule has 0 radical (unpaired) electrons. The van der Waals surface area contributed by atoms with E-state index in [1.54, 1.807) is 6.20 Å². The van der Waals surface area contributed by atoms with Crippen molar-refractivity contribution in [1.82, 2.24) is 5.32 Å². The first kappa shape index (κ1) is 14.8. The monoisotopic (exact) mass is 394 g/mol. The van der Waals surface area contributed by atoms with E-state index < -0.39 is 0 Å². The lowest BCUT2D eigenvalue weighted by Gasteiger charge is -2.04. The summed E-state index contributed by atoms with van der Waals surface area (Å²) in [6.07, 6.45) is 3.43. The maximum Gasteiger partial charge on any atom is 0.323 e. The van der Waals surface area contributed by atoms with Gasteiger partial charge >= 0.3 is 6.03 Å². The fourth-order valence-electron chi connectivity index (χ4n) is 1.52. The van der Waals surface area contributed by atoms with E-state index in [1.807, 2.05) is 54.6 Å². The van der Waals surface area contributed by atoms with E-state index in [2.05, 4.69) is 42.5 Å². The van der Waals surface area contributed by atoms with Gasteiger partial charge in [0.15, 0.2) is 0 Å². The van der Waals surface area contributed by atoms with Crippen LogP contribution in [0.15, 0.2) is 63.7 Å². The average molecular weight is 396 g/mol. The summed E-state index contributed by atoms with van der Waals surface area (Å²) in [7, 11) is 0. The molecule has 0 heterocycles. The highest BCUT2D eigenvalue weighted by Crippen LogP contribution is 2.14. The molecule has 0 aromatic heterocycles. The van der Waals surface area contributed by atoms with Crippen LogP contribution < -0.4 is 10.6 Å². The second-order valence-electron chi connectivity index (χ2n) is 3.99. The van der Waals surface area contributed by atoms with Crippen LogP contribution in [0, 0.1) is 0 Å². The molecular weight excluding hydrogens is 384 g/mol. The van der Waals surface area contributed by atoms with Gasteiger partial charge in [0.1, 0.15) is 0 Å². The van der Waals surface area contributed by atoms with E-state index in [4.69, 9.17) is 0 Å². The molecule has 0 aliphatic rings. The molecule has 2 amide bonds. The van der Waals surface area contributed by atoms with Crippen LogP contribution in [0.5, 0.6) is 0 Å². The quantitative estimate of drug-likeness (QED) is 0.753. The van der Waals surface area contributed by atoms with Crippen LogP contribution in [0.4, 0.5) is 10.5 Å². The SMILES string of the molecule is O=C(N/C=C/c1cccc(Br)c1)Nc1ccc(Br)cc1. The first-order valence-electron chi connectivity index (χ1n) is 5.89. The number of carbonyl (C=O) groups is 1. The largest absolute Gasteiger partial charge is 0.323 e. The van der Waals surface area contributed by atoms with Crippen molar-refractivity contribution in [3.05, 3.63) is 69.2 Å². The number of urea groups is 1. The Labute approximate surface area is 134 Å². The number of carbonyl (C=O) groups excluding carboxylic acids is 1. The van der Waals surface area contributed by atoms with Gasteiger partial charge in [0, 0.05) is 20.8 Å². The first-order valence-corrected chi connectivity index (χ1v) is 7.47. The van der Waals surface area contributed by atoms with Crippen molar-refractivity contribution in [2.75, 3.05) is 5.32 Å². The van der Waals surface area contributed by atoms with Crippen molar-refractivity contribution in [2.45, 2.75) is 0 Å². The van der Waals surface area contributed by atoms with Gasteiger partial charge in [0.25, 0.3) is 0 Å². The van der Waals surface area contributed by atoms with Crippen molar-refractivity contribution in [3.63, 3.8) is 0 Å². The lowest BCUT2D eigenvalue weighted by Crippen LogP contribution is -2.23. The fourth-order valence-corrected chi connectivity index (χ4v) is 2.21. The Bertz CT molecular complexity index is 624. The Morgan fingerprint density at radius 1 is 1.00 bits per heavy atom. The molecule has 2 rings (SSSR count). The second kappa shape index (κ2) is 7.26. The fraction of sp³-hybridized carbons (Fsp3) is 0. The predicted octanol–water partition coefficient (Wildman–Crippen LogP) is 5.00. The van der Waals surface area contributed by atoms with Gasteiger partial charge in [0.2, 0.25) is 0 Å². The van der Waals surface area contributed by atoms with Gasteiger partial charge in [-0.25, -0.2) is 4.79 Å². The van der Waals surface area contributed by atoms with Crippen molar-refractivity contribution in [2.24, 2.45) is 0 Å². The number of hydrogen-bond acceptors (Lipinski definition) is 1. The maximum atomic E-state index is 11.7. The zero-order valence-corrected chi connectivity index (χ0v) is 13.6. The summed E-state index contributed by atoms with van der Waals surface area (Å²) in [6, 6.07) is 14.9. The molecule has 0 aliphatic carbocycles. The van der Waals surface area contributed by atoms with Gasteiger partial charge in [-0.15, -0.1) is 0 Å². The lowest BCUT2D eigenvalue weighted by molar-refractivity contribution is 0.255. The summed E-state index contributed by atoms with van der Waals surface area (Å²) in [4.78, 5) is 11.7. The van der Waals surface area contributed by atoms with Gasteiger partial charge < -0.3 is 10.6 Å². The van der Waals surface area contributed by atoms with Crippen LogP contribution in [0.1, 0.15) is 5.56 Å². The minimum atomic E-state index is -0.279. The number of benzene rings is 2. The highest BCUT2D eigenvalue weighted by Gasteiger charge is 1.98. The number of amides is 2. The van der Waals surface area contributed by atoms with Gasteiger partial charge in [-0.1, -0.05) is 44.0 Å². The molecule has 2 aromatic rings. The maximum absolute atomic E-state index is 11.7. The van der Waals surface area contributed by atoms with Crippen molar-refractivity contribution in [3.8, 4) is 0 Å². The lowest BCUT2D eigenvalue weighted by atomic mass is 10.2. The van der Waals surface area contributed by atoms with Crippen molar-refractivity contribution < 1.29 is 4.79 Å². The molecule has 0 bridgehead atoms. The van der Waals surface area contributed by atoms with E-state index in [9.17, 15) is 4.79 Å². The summed E-state index contributed by atoms with van der Waals surface area (Å²) in [6.45, 7) is 0. The molecule has 0 spiro atoms. The number of hydrogen-bond donors (Lipinski definition) is 2. The minimum Gasteiger partial charge on any atom is -0.314 e. The van der Waals surface area contributed by atoms with Crippen LogP contribution in [0.3, 0.4) is 0 Å². The first-order chi connectivity index (χ1) is 9.63. The zero-order chi connectivity index (χ0) is 14.4. The third kappa shape index (κ3) is 4.83. The Morgan fingerprint density at radius 3 is 2.45 bits per heavy atom. The second-order valence-corrected chi connectivity index (χ2v) is 5.83. The smallest absolute Gasteiger partial charge is 0.314 e. The highest BCUT2D eigenvalue weighted by atomic mass is 79.9. The zero-order valence-electron chi connectivity index (χ0n) is 10.4. The topological polar surface area (TPSA) is 41.1 Å². The molecule has 2 aromatic carbocycles. The third-order valence-corrected chi connectivity index (χ3v) is 3.46. The summed E-state index contributed by atoms with van der Waals surface area (Å²) in [5.41, 5.74) is 1.74. The summed E-state index contributed by atoms with van der Waals surface area (Å²) >= 11 is 6.74. The normalized spacial score (nSPS) is 10.5. The molecular formula is C15H12Br2N2O. The van der Waals surface area contributed by atoms with Crippen LogP contribution in [0.25, 0.3) is 6.08 Å². The van der Waals surface area contributed by atoms with Crippen LogP contribution in [-0.2, 0) is 0 Å². The van der Waals surface area contributed by atoms with E-state index in [0.29, 0.717) is 0 Å². The summed E-state index contributed by atoms with van der Waals surface area (Å²) < 4.78 is 1.97. The number of nitrogens with one attached hydrogen (secondary N) is 2. The van der Waals surface area contributed by atoms with E-state index in [-0.39, 0.29) is 6.03 Å². The average Bonchev–Trinajstić information content (AvgIpc) is 2.41. The number of halogens is 2. The van der Waals surface area contributed by atoms with Crippen molar-refractivity contribution in [1.29, 1.82) is 0 Å². The molecule has 0 saturated heterocycles. The van der Waals surface area contributed by atoms with E-state index in [0.717, 1.165) is 20.2 Å². The molecule has 0 atom stereocenters. The Balaban J connectivity index is 1.87. The molecule has 0 aliphatic heterocycles. The van der Waals surface area contributed by atoms with Crippen LogP contribution in [0.2, 0.25) is 0 Å². The number of anilines is 1. The van der Waals surface area contributed by atoms with E-state index in [1.165, 1.54) is 0 Å². The van der Waals surface area contributed by atoms with Crippen LogP contribution >= 0.6 is 31.9 Å². The van der Waals surface area contributed by atoms with Gasteiger partial charge in [-0.2, -0.15) is 0 Å². The summed E-state index contributed by atoms with van der Waals surface area (Å²) in [5.74, 6) is 0. The highest BCUT2D eigenvalue weighted by molar-refractivity contribution is 9.10. The minimum absolute atomic E-state index is 0.279. The number of rotatable bonds is 3. The molecule has 102 valence electrons. The van der Waals surface area contributed by atoms with E-state index >= 15 is 0 Å². The molecule has 0 fully saturated rings. The molecule has 0 unspecified atom stereocenters. The van der Waals surface area contributed by atoms with Gasteiger partial charge in [-0.05, 0) is 48.0 Å². The molecule has 20 heavy (non-hydrogen) atoms. The van der Waals surface area contributed by atoms with Crippen LogP contribution in [-0.4, -0.2) is 6.03 Å². The Kier molecular flexibility index (Phi) is 5.38. The standard InChI is InChI=1S/C15H12Br2N2O/c16-12-4-6-14(7-5-12)19-15(20)18-9-8-11-2-1-3-13(17)10-11/h1-10H,(H2,18,19,20)/b9-8+. The molecule has 5 heteroatoms. The van der Waals surface area contributed by atoms with Gasteiger partial charge in [0.05, 0.1) is 0 Å². The predicted molar refractivity (Wildman–Crippen MR) is 89.5 cm³/mol. The summed E-state index contributed by atoms with van der Waals surface area (Å²) in [5, 5.41) is 5.39. The molecule has 3 nitrogen and oxygen atoms in total. The molecule has 0 saturated carbocycles. The Hall–Kier alpha value is -1.59. The molecule has 2 N–H and O–H groups in total. The van der Waals surface area contributed by atoms with Gasteiger partial charge in [-0.3, -0.25) is 0 Å². The Morgan fingerprint density at radius 2 is 1.75 bits per heavy atom. The third-order valence-electron chi connectivity index (χ3n) is 2.44. The van der Waals surface area contributed by atoms with Crippen molar-refractivity contribution >= 4 is 49.7 Å².